The van der Waals surface area contributed by atoms with Gasteiger partial charge in [0.05, 0.1) is 23.8 Å². The van der Waals surface area contributed by atoms with Gasteiger partial charge in [-0.3, -0.25) is 19.6 Å². The van der Waals surface area contributed by atoms with E-state index in [0.717, 1.165) is 18.4 Å². The van der Waals surface area contributed by atoms with Gasteiger partial charge in [-0.25, -0.2) is 4.98 Å². The van der Waals surface area contributed by atoms with Crippen LogP contribution in [0.15, 0.2) is 48.8 Å². The molecule has 1 aliphatic heterocycles. The van der Waals surface area contributed by atoms with Crippen LogP contribution >= 0.6 is 0 Å². The van der Waals surface area contributed by atoms with Gasteiger partial charge in [-0.15, -0.1) is 0 Å². The fraction of sp³-hybridized carbons (Fsp3) is 0.250. The summed E-state index contributed by atoms with van der Waals surface area (Å²) in [7, 11) is 0. The Morgan fingerprint density at radius 2 is 1.93 bits per heavy atom. The van der Waals surface area contributed by atoms with Crippen molar-refractivity contribution in [1.82, 2.24) is 19.9 Å². The van der Waals surface area contributed by atoms with Crippen LogP contribution in [0.1, 0.15) is 33.8 Å². The van der Waals surface area contributed by atoms with Crippen molar-refractivity contribution in [2.24, 2.45) is 5.73 Å². The summed E-state index contributed by atoms with van der Waals surface area (Å²) in [4.78, 5) is 38.5. The Morgan fingerprint density at radius 1 is 1.11 bits per heavy atom. The van der Waals surface area contributed by atoms with Crippen molar-refractivity contribution in [2.75, 3.05) is 13.1 Å². The number of hydrogen-bond donors (Lipinski definition) is 1. The SMILES string of the molecule is NC(=O)c1cc(OC2CCCN(C(=O)c3cnc4ccccc4n3)C2)ccn1. The number of carbonyl (C=O) groups excluding carboxylic acids is 2. The predicted molar refractivity (Wildman–Crippen MR) is 102 cm³/mol. The maximum absolute atomic E-state index is 12.9. The van der Waals surface area contributed by atoms with Crippen molar-refractivity contribution in [3.63, 3.8) is 0 Å². The second-order valence-corrected chi connectivity index (χ2v) is 6.62. The molecule has 4 rings (SSSR count). The zero-order valence-electron chi connectivity index (χ0n) is 15.1. The molecule has 0 spiro atoms. The van der Waals surface area contributed by atoms with Crippen molar-refractivity contribution in [3.05, 3.63) is 60.2 Å². The highest BCUT2D eigenvalue weighted by Crippen LogP contribution is 2.20. The second kappa shape index (κ2) is 7.59. The molecule has 1 aromatic carbocycles. The number of carbonyl (C=O) groups is 2. The van der Waals surface area contributed by atoms with E-state index in [0.29, 0.717) is 30.0 Å². The molecule has 3 aromatic rings. The van der Waals surface area contributed by atoms with Gasteiger partial charge in [0.2, 0.25) is 0 Å². The molecule has 0 bridgehead atoms. The number of primary amides is 1. The van der Waals surface area contributed by atoms with Gasteiger partial charge in [0, 0.05) is 18.8 Å². The van der Waals surface area contributed by atoms with Gasteiger partial charge in [-0.05, 0) is 31.0 Å². The molecule has 8 nitrogen and oxygen atoms in total. The molecule has 2 amide bonds. The molecule has 1 fully saturated rings. The summed E-state index contributed by atoms with van der Waals surface area (Å²) in [5.41, 5.74) is 7.16. The van der Waals surface area contributed by atoms with Gasteiger partial charge in [0.1, 0.15) is 23.2 Å². The molecule has 3 heterocycles. The number of para-hydroxylation sites is 2. The minimum Gasteiger partial charge on any atom is -0.488 e. The lowest BCUT2D eigenvalue weighted by atomic mass is 10.1. The summed E-state index contributed by atoms with van der Waals surface area (Å²) >= 11 is 0. The molecule has 142 valence electrons. The number of amides is 2. The summed E-state index contributed by atoms with van der Waals surface area (Å²) in [5.74, 6) is -0.270. The quantitative estimate of drug-likeness (QED) is 0.742. The average molecular weight is 377 g/mol. The van der Waals surface area contributed by atoms with Crippen LogP contribution in [0.5, 0.6) is 5.75 Å². The molecule has 1 saturated heterocycles. The van der Waals surface area contributed by atoms with E-state index in [1.165, 1.54) is 18.5 Å². The Labute approximate surface area is 161 Å². The lowest BCUT2D eigenvalue weighted by molar-refractivity contribution is 0.0532. The Kier molecular flexibility index (Phi) is 4.84. The van der Waals surface area contributed by atoms with Gasteiger partial charge < -0.3 is 15.4 Å². The number of nitrogens with two attached hydrogens (primary N) is 1. The molecule has 2 N–H and O–H groups in total. The molecule has 28 heavy (non-hydrogen) atoms. The number of pyridine rings is 1. The monoisotopic (exact) mass is 377 g/mol. The molecule has 0 radical (unpaired) electrons. The topological polar surface area (TPSA) is 111 Å². The first kappa shape index (κ1) is 17.8. The molecule has 2 aromatic heterocycles. The molecular formula is C20H19N5O3. The van der Waals surface area contributed by atoms with E-state index in [4.69, 9.17) is 10.5 Å². The normalized spacial score (nSPS) is 16.7. The van der Waals surface area contributed by atoms with Crippen LogP contribution < -0.4 is 10.5 Å². The maximum atomic E-state index is 12.9. The number of fused-ring (bicyclic) bond motifs is 1. The van der Waals surface area contributed by atoms with Crippen LogP contribution in [0.2, 0.25) is 0 Å². The van der Waals surface area contributed by atoms with Gasteiger partial charge in [-0.2, -0.15) is 0 Å². The minimum atomic E-state index is -0.610. The Morgan fingerprint density at radius 3 is 2.75 bits per heavy atom. The first-order valence-corrected chi connectivity index (χ1v) is 9.04. The lowest BCUT2D eigenvalue weighted by Gasteiger charge is -2.32. The number of rotatable bonds is 4. The van der Waals surface area contributed by atoms with Crippen molar-refractivity contribution in [2.45, 2.75) is 18.9 Å². The van der Waals surface area contributed by atoms with Crippen LogP contribution in [0.3, 0.4) is 0 Å². The molecule has 8 heteroatoms. The number of aromatic nitrogens is 3. The predicted octanol–water partition coefficient (Wildman–Crippen LogP) is 1.81. The third-order valence-corrected chi connectivity index (χ3v) is 4.62. The summed E-state index contributed by atoms with van der Waals surface area (Å²) < 4.78 is 5.95. The van der Waals surface area contributed by atoms with Crippen molar-refractivity contribution in [3.8, 4) is 5.75 Å². The van der Waals surface area contributed by atoms with Gasteiger partial charge in [0.15, 0.2) is 0 Å². The summed E-state index contributed by atoms with van der Waals surface area (Å²) in [6, 6.07) is 10.6. The highest BCUT2D eigenvalue weighted by atomic mass is 16.5. The Hall–Kier alpha value is -3.55. The summed E-state index contributed by atoms with van der Waals surface area (Å²) in [6.07, 6.45) is 4.42. The highest BCUT2D eigenvalue weighted by molar-refractivity contribution is 5.94. The fourth-order valence-electron chi connectivity index (χ4n) is 3.25. The average Bonchev–Trinajstić information content (AvgIpc) is 2.73. The molecule has 0 saturated carbocycles. The van der Waals surface area contributed by atoms with E-state index in [1.807, 2.05) is 24.3 Å². The number of benzene rings is 1. The molecule has 1 atom stereocenters. The van der Waals surface area contributed by atoms with Crippen molar-refractivity contribution < 1.29 is 14.3 Å². The zero-order chi connectivity index (χ0) is 19.5. The first-order chi connectivity index (χ1) is 13.6. The molecule has 1 unspecified atom stereocenters. The summed E-state index contributed by atoms with van der Waals surface area (Å²) in [6.45, 7) is 1.07. The van der Waals surface area contributed by atoms with Crippen LogP contribution in [0, 0.1) is 0 Å². The number of likely N-dealkylation sites (tertiary alicyclic amines) is 1. The van der Waals surface area contributed by atoms with Crippen LogP contribution in [-0.2, 0) is 0 Å². The van der Waals surface area contributed by atoms with E-state index in [-0.39, 0.29) is 17.7 Å². The summed E-state index contributed by atoms with van der Waals surface area (Å²) in [5, 5.41) is 0. The zero-order valence-corrected chi connectivity index (χ0v) is 15.1. The largest absolute Gasteiger partial charge is 0.488 e. The Bertz CT molecular complexity index is 1040. The van der Waals surface area contributed by atoms with Crippen LogP contribution in [0.4, 0.5) is 0 Å². The molecule has 1 aliphatic rings. The van der Waals surface area contributed by atoms with Gasteiger partial charge in [-0.1, -0.05) is 12.1 Å². The molecule has 0 aliphatic carbocycles. The second-order valence-electron chi connectivity index (χ2n) is 6.62. The maximum Gasteiger partial charge on any atom is 0.274 e. The van der Waals surface area contributed by atoms with E-state index >= 15 is 0 Å². The number of piperidine rings is 1. The van der Waals surface area contributed by atoms with E-state index in [1.54, 1.807) is 11.0 Å². The van der Waals surface area contributed by atoms with Crippen LogP contribution in [-0.4, -0.2) is 50.9 Å². The van der Waals surface area contributed by atoms with E-state index in [9.17, 15) is 9.59 Å². The third kappa shape index (κ3) is 3.75. The smallest absolute Gasteiger partial charge is 0.274 e. The minimum absolute atomic E-state index is 0.146. The Balaban J connectivity index is 1.47. The number of hydrogen-bond acceptors (Lipinski definition) is 6. The van der Waals surface area contributed by atoms with E-state index in [2.05, 4.69) is 15.0 Å². The lowest BCUT2D eigenvalue weighted by Crippen LogP contribution is -2.44. The van der Waals surface area contributed by atoms with E-state index < -0.39 is 5.91 Å². The first-order valence-electron chi connectivity index (χ1n) is 9.04. The van der Waals surface area contributed by atoms with Crippen LogP contribution in [0.25, 0.3) is 11.0 Å². The van der Waals surface area contributed by atoms with Gasteiger partial charge >= 0.3 is 0 Å². The van der Waals surface area contributed by atoms with Gasteiger partial charge in [0.25, 0.3) is 11.8 Å². The fourth-order valence-corrected chi connectivity index (χ4v) is 3.25. The third-order valence-electron chi connectivity index (χ3n) is 4.62. The van der Waals surface area contributed by atoms with Crippen molar-refractivity contribution >= 4 is 22.8 Å². The van der Waals surface area contributed by atoms with Crippen molar-refractivity contribution in [1.29, 1.82) is 0 Å². The number of nitrogens with zero attached hydrogens (tertiary/aromatic N) is 4. The number of ether oxygens (including phenoxy) is 1. The standard InChI is InChI=1S/C20H19N5O3/c21-19(26)17-10-13(7-8-22-17)28-14-4-3-9-25(12-14)20(27)18-11-23-15-5-1-2-6-16(15)24-18/h1-2,5-8,10-11,14H,3-4,9,12H2,(H2,21,26). The molecular weight excluding hydrogens is 358 g/mol. The highest BCUT2D eigenvalue weighted by Gasteiger charge is 2.27.